The van der Waals surface area contributed by atoms with E-state index in [2.05, 4.69) is 9.97 Å². The van der Waals surface area contributed by atoms with Gasteiger partial charge in [0.15, 0.2) is 0 Å². The summed E-state index contributed by atoms with van der Waals surface area (Å²) in [6.07, 6.45) is 3.87. The van der Waals surface area contributed by atoms with E-state index in [0.29, 0.717) is 11.6 Å². The van der Waals surface area contributed by atoms with E-state index in [4.69, 9.17) is 22.1 Å². The van der Waals surface area contributed by atoms with Crippen LogP contribution in [0.15, 0.2) is 6.20 Å². The fourth-order valence-corrected chi connectivity index (χ4v) is 0.919. The predicted molar refractivity (Wildman–Crippen MR) is 45.1 cm³/mol. The summed E-state index contributed by atoms with van der Waals surface area (Å²) in [7, 11) is 0. The van der Waals surface area contributed by atoms with Gasteiger partial charge in [-0.3, -0.25) is 0 Å². The van der Waals surface area contributed by atoms with Crippen LogP contribution < -0.4 is 10.5 Å². The number of halogens is 1. The molecule has 1 aromatic rings. The zero-order chi connectivity index (χ0) is 8.55. The molecule has 0 aliphatic heterocycles. The number of ether oxygens (including phenoxy) is 1. The third-order valence-electron chi connectivity index (χ3n) is 1.55. The average Bonchev–Trinajstić information content (AvgIpc) is 2.81. The second-order valence-electron chi connectivity index (χ2n) is 2.72. The van der Waals surface area contributed by atoms with Crippen molar-refractivity contribution in [3.63, 3.8) is 0 Å². The van der Waals surface area contributed by atoms with E-state index in [1.165, 1.54) is 6.20 Å². The predicted octanol–water partition coefficient (Wildman–Crippen LogP) is 1.25. The Bertz CT molecular complexity index is 301. The minimum Gasteiger partial charge on any atom is -0.473 e. The zero-order valence-corrected chi connectivity index (χ0v) is 7.08. The smallest absolute Gasteiger partial charge is 0.241 e. The number of hydrogen-bond acceptors (Lipinski definition) is 4. The van der Waals surface area contributed by atoms with Crippen LogP contribution in [0.3, 0.4) is 0 Å². The van der Waals surface area contributed by atoms with Crippen molar-refractivity contribution in [2.45, 2.75) is 18.9 Å². The van der Waals surface area contributed by atoms with Gasteiger partial charge in [0.05, 0.1) is 6.20 Å². The molecular weight excluding hydrogens is 178 g/mol. The van der Waals surface area contributed by atoms with Crippen LogP contribution in [0.1, 0.15) is 12.8 Å². The standard InChI is InChI=1S/C7H8ClN3O/c8-7-10-3-5(9)6(11-7)12-4-1-2-4/h3-4H,1-2,9H2. The quantitative estimate of drug-likeness (QED) is 0.705. The molecule has 12 heavy (non-hydrogen) atoms. The third kappa shape index (κ3) is 1.58. The highest BCUT2D eigenvalue weighted by molar-refractivity contribution is 6.28. The summed E-state index contributed by atoms with van der Waals surface area (Å²) >= 11 is 5.56. The Morgan fingerprint density at radius 3 is 3.00 bits per heavy atom. The summed E-state index contributed by atoms with van der Waals surface area (Å²) < 4.78 is 5.38. The maximum Gasteiger partial charge on any atom is 0.241 e. The van der Waals surface area contributed by atoms with Crippen molar-refractivity contribution in [2.75, 3.05) is 5.73 Å². The number of anilines is 1. The van der Waals surface area contributed by atoms with Crippen LogP contribution in [0.2, 0.25) is 5.28 Å². The van der Waals surface area contributed by atoms with Crippen LogP contribution >= 0.6 is 11.6 Å². The highest BCUT2D eigenvalue weighted by atomic mass is 35.5. The Hall–Kier alpha value is -1.03. The first-order valence-corrected chi connectivity index (χ1v) is 4.08. The molecule has 0 unspecified atom stereocenters. The second kappa shape index (κ2) is 2.79. The van der Waals surface area contributed by atoms with Crippen molar-refractivity contribution in [2.24, 2.45) is 0 Å². The van der Waals surface area contributed by atoms with Gasteiger partial charge < -0.3 is 10.5 Å². The number of nitrogens with zero attached hydrogens (tertiary/aromatic N) is 2. The molecule has 0 bridgehead atoms. The lowest BCUT2D eigenvalue weighted by Crippen LogP contribution is -2.02. The number of nitrogen functional groups attached to an aromatic ring is 1. The minimum atomic E-state index is 0.167. The lowest BCUT2D eigenvalue weighted by atomic mass is 10.5. The van der Waals surface area contributed by atoms with Crippen LogP contribution in [0.25, 0.3) is 0 Å². The van der Waals surface area contributed by atoms with Crippen molar-refractivity contribution in [3.8, 4) is 5.88 Å². The van der Waals surface area contributed by atoms with Crippen molar-refractivity contribution in [1.82, 2.24) is 9.97 Å². The molecule has 0 amide bonds. The lowest BCUT2D eigenvalue weighted by Gasteiger charge is -2.04. The zero-order valence-electron chi connectivity index (χ0n) is 6.33. The number of nitrogens with two attached hydrogens (primary N) is 1. The molecule has 1 heterocycles. The molecule has 1 aliphatic carbocycles. The third-order valence-corrected chi connectivity index (χ3v) is 1.74. The van der Waals surface area contributed by atoms with Gasteiger partial charge in [0.25, 0.3) is 0 Å². The Morgan fingerprint density at radius 1 is 1.58 bits per heavy atom. The Morgan fingerprint density at radius 2 is 2.33 bits per heavy atom. The molecule has 0 radical (unpaired) electrons. The molecule has 1 saturated carbocycles. The summed E-state index contributed by atoms with van der Waals surface area (Å²) in [6, 6.07) is 0. The average molecular weight is 186 g/mol. The molecule has 1 aromatic heterocycles. The first kappa shape index (κ1) is 7.61. The molecule has 1 aliphatic rings. The molecule has 64 valence electrons. The van der Waals surface area contributed by atoms with Crippen molar-refractivity contribution in [1.29, 1.82) is 0 Å². The molecule has 1 fully saturated rings. The van der Waals surface area contributed by atoms with Crippen molar-refractivity contribution < 1.29 is 4.74 Å². The maximum atomic E-state index is 5.56. The number of hydrogen-bond donors (Lipinski definition) is 1. The molecule has 0 atom stereocenters. The minimum absolute atomic E-state index is 0.167. The molecule has 2 rings (SSSR count). The molecular formula is C7H8ClN3O. The van der Waals surface area contributed by atoms with Crippen LogP contribution in [-0.4, -0.2) is 16.1 Å². The Balaban J connectivity index is 2.21. The first-order chi connectivity index (χ1) is 5.75. The van der Waals surface area contributed by atoms with Gasteiger partial charge in [-0.25, -0.2) is 4.98 Å². The van der Waals surface area contributed by atoms with Gasteiger partial charge in [-0.15, -0.1) is 0 Å². The second-order valence-corrected chi connectivity index (χ2v) is 3.05. The maximum absolute atomic E-state index is 5.56. The van der Waals surface area contributed by atoms with Crippen LogP contribution in [-0.2, 0) is 0 Å². The lowest BCUT2D eigenvalue weighted by molar-refractivity contribution is 0.292. The Kier molecular flexibility index (Phi) is 1.77. The fourth-order valence-electron chi connectivity index (χ4n) is 0.793. The van der Waals surface area contributed by atoms with E-state index in [0.717, 1.165) is 12.8 Å². The van der Waals surface area contributed by atoms with Crippen LogP contribution in [0, 0.1) is 0 Å². The molecule has 0 aromatic carbocycles. The van der Waals surface area contributed by atoms with Gasteiger partial charge in [0.1, 0.15) is 11.8 Å². The molecule has 4 nitrogen and oxygen atoms in total. The van der Waals surface area contributed by atoms with Gasteiger partial charge >= 0.3 is 0 Å². The van der Waals surface area contributed by atoms with Gasteiger partial charge in [-0.2, -0.15) is 4.98 Å². The van der Waals surface area contributed by atoms with E-state index >= 15 is 0 Å². The van der Waals surface area contributed by atoms with Gasteiger partial charge in [-0.05, 0) is 24.4 Å². The molecule has 5 heteroatoms. The summed E-state index contributed by atoms with van der Waals surface area (Å²) in [5.74, 6) is 0.400. The monoisotopic (exact) mass is 185 g/mol. The van der Waals surface area contributed by atoms with E-state index in [1.54, 1.807) is 0 Å². The normalized spacial score (nSPS) is 16.1. The summed E-state index contributed by atoms with van der Waals surface area (Å²) in [5.41, 5.74) is 5.99. The molecule has 0 spiro atoms. The van der Waals surface area contributed by atoms with Gasteiger partial charge in [0, 0.05) is 0 Å². The van der Waals surface area contributed by atoms with Crippen molar-refractivity contribution >= 4 is 17.3 Å². The topological polar surface area (TPSA) is 61.0 Å². The number of rotatable bonds is 2. The fraction of sp³-hybridized carbons (Fsp3) is 0.429. The SMILES string of the molecule is Nc1cnc(Cl)nc1OC1CC1. The van der Waals surface area contributed by atoms with Crippen molar-refractivity contribution in [3.05, 3.63) is 11.5 Å². The number of aromatic nitrogens is 2. The van der Waals surface area contributed by atoms with E-state index < -0.39 is 0 Å². The highest BCUT2D eigenvalue weighted by Gasteiger charge is 2.25. The summed E-state index contributed by atoms with van der Waals surface area (Å²) in [6.45, 7) is 0. The first-order valence-electron chi connectivity index (χ1n) is 3.70. The summed E-state index contributed by atoms with van der Waals surface area (Å²) in [4.78, 5) is 7.58. The van der Waals surface area contributed by atoms with Gasteiger partial charge in [-0.1, -0.05) is 0 Å². The van der Waals surface area contributed by atoms with E-state index in [1.807, 2.05) is 0 Å². The van der Waals surface area contributed by atoms with Crippen LogP contribution in [0.5, 0.6) is 5.88 Å². The largest absolute Gasteiger partial charge is 0.473 e. The molecule has 0 saturated heterocycles. The summed E-state index contributed by atoms with van der Waals surface area (Å²) in [5, 5.41) is 0.167. The van der Waals surface area contributed by atoms with E-state index in [-0.39, 0.29) is 11.4 Å². The van der Waals surface area contributed by atoms with Crippen LogP contribution in [0.4, 0.5) is 5.69 Å². The highest BCUT2D eigenvalue weighted by Crippen LogP contribution is 2.28. The van der Waals surface area contributed by atoms with E-state index in [9.17, 15) is 0 Å². The molecule has 2 N–H and O–H groups in total. The van der Waals surface area contributed by atoms with Gasteiger partial charge in [0.2, 0.25) is 11.2 Å². The Labute approximate surface area is 74.7 Å².